The van der Waals surface area contributed by atoms with E-state index in [2.05, 4.69) is 39.1 Å². The minimum Gasteiger partial charge on any atom is -0.491 e. The largest absolute Gasteiger partial charge is 0.491 e. The second-order valence-corrected chi connectivity index (χ2v) is 7.81. The molecule has 0 spiro atoms. The number of benzene rings is 1. The fourth-order valence-corrected chi connectivity index (χ4v) is 2.03. The van der Waals surface area contributed by atoms with E-state index in [1.165, 1.54) is 5.56 Å². The standard InChI is InChI=1S/C15H25O5P/c1-14(2,3)15(4,5)12-6-8-13(9-7-12)19-10-11-20-21(16,17)18/h6-9H,10-11H2,1-5H3,(H2,16,17,18). The summed E-state index contributed by atoms with van der Waals surface area (Å²) in [7, 11) is -4.42. The van der Waals surface area contributed by atoms with E-state index >= 15 is 0 Å². The van der Waals surface area contributed by atoms with Crippen LogP contribution in [0.15, 0.2) is 24.3 Å². The zero-order valence-electron chi connectivity index (χ0n) is 13.3. The van der Waals surface area contributed by atoms with Crippen molar-refractivity contribution in [2.45, 2.75) is 40.0 Å². The summed E-state index contributed by atoms with van der Waals surface area (Å²) in [5, 5.41) is 0. The molecule has 1 aromatic rings. The van der Waals surface area contributed by atoms with Crippen LogP contribution in [0.1, 0.15) is 40.2 Å². The monoisotopic (exact) mass is 316 g/mol. The van der Waals surface area contributed by atoms with Crippen LogP contribution >= 0.6 is 7.82 Å². The molecule has 0 saturated heterocycles. The molecule has 0 atom stereocenters. The molecule has 0 aliphatic carbocycles. The van der Waals surface area contributed by atoms with E-state index in [4.69, 9.17) is 14.5 Å². The van der Waals surface area contributed by atoms with Crippen molar-refractivity contribution >= 4 is 7.82 Å². The van der Waals surface area contributed by atoms with E-state index in [9.17, 15) is 4.57 Å². The van der Waals surface area contributed by atoms with Crippen molar-refractivity contribution in [1.29, 1.82) is 0 Å². The lowest BCUT2D eigenvalue weighted by Gasteiger charge is -2.39. The minimum atomic E-state index is -4.42. The zero-order chi connectivity index (χ0) is 16.3. The molecule has 0 aromatic heterocycles. The lowest BCUT2D eigenvalue weighted by atomic mass is 9.65. The van der Waals surface area contributed by atoms with E-state index in [-0.39, 0.29) is 24.0 Å². The van der Waals surface area contributed by atoms with Crippen LogP contribution in [0.5, 0.6) is 5.75 Å². The summed E-state index contributed by atoms with van der Waals surface area (Å²) in [6, 6.07) is 7.76. The highest BCUT2D eigenvalue weighted by molar-refractivity contribution is 7.46. The number of rotatable bonds is 6. The molecule has 6 heteroatoms. The van der Waals surface area contributed by atoms with Gasteiger partial charge in [-0.1, -0.05) is 46.8 Å². The zero-order valence-corrected chi connectivity index (χ0v) is 14.2. The van der Waals surface area contributed by atoms with Crippen LogP contribution in [0.25, 0.3) is 0 Å². The maximum atomic E-state index is 10.5. The quantitative estimate of drug-likeness (QED) is 0.620. The molecular formula is C15H25O5P. The summed E-state index contributed by atoms with van der Waals surface area (Å²) >= 11 is 0. The Morgan fingerprint density at radius 3 is 1.95 bits per heavy atom. The molecule has 0 aliphatic heterocycles. The number of phosphoric acid groups is 1. The van der Waals surface area contributed by atoms with Crippen molar-refractivity contribution in [1.82, 2.24) is 0 Å². The third-order valence-electron chi connectivity index (χ3n) is 4.06. The smallest absolute Gasteiger partial charge is 0.469 e. The molecule has 120 valence electrons. The number of ether oxygens (including phenoxy) is 1. The lowest BCUT2D eigenvalue weighted by molar-refractivity contribution is 0.160. The Morgan fingerprint density at radius 1 is 1.00 bits per heavy atom. The average Bonchev–Trinajstić information content (AvgIpc) is 2.33. The van der Waals surface area contributed by atoms with Gasteiger partial charge in [-0.05, 0) is 28.5 Å². The second kappa shape index (κ2) is 6.49. The fraction of sp³-hybridized carbons (Fsp3) is 0.600. The van der Waals surface area contributed by atoms with Gasteiger partial charge in [0.15, 0.2) is 0 Å². The van der Waals surface area contributed by atoms with Gasteiger partial charge in [-0.15, -0.1) is 0 Å². The van der Waals surface area contributed by atoms with E-state index < -0.39 is 7.82 Å². The molecule has 0 bridgehead atoms. The fourth-order valence-electron chi connectivity index (χ4n) is 1.72. The summed E-state index contributed by atoms with van der Waals surface area (Å²) in [5.74, 6) is 0.651. The molecule has 0 aliphatic rings. The van der Waals surface area contributed by atoms with Gasteiger partial charge in [0.05, 0.1) is 6.61 Å². The van der Waals surface area contributed by atoms with Crippen LogP contribution in [0, 0.1) is 5.41 Å². The molecule has 0 unspecified atom stereocenters. The maximum absolute atomic E-state index is 10.5. The molecule has 1 rings (SSSR count). The number of hydrogen-bond donors (Lipinski definition) is 2. The Balaban J connectivity index is 2.61. The van der Waals surface area contributed by atoms with Crippen LogP contribution in [0.2, 0.25) is 0 Å². The van der Waals surface area contributed by atoms with Gasteiger partial charge in [-0.2, -0.15) is 0 Å². The first kappa shape index (κ1) is 18.2. The molecule has 1 aromatic carbocycles. The second-order valence-electron chi connectivity index (χ2n) is 6.57. The van der Waals surface area contributed by atoms with Crippen LogP contribution in [0.4, 0.5) is 0 Å². The van der Waals surface area contributed by atoms with Gasteiger partial charge in [0.25, 0.3) is 0 Å². The van der Waals surface area contributed by atoms with Crippen LogP contribution in [0.3, 0.4) is 0 Å². The first-order valence-corrected chi connectivity index (χ1v) is 8.40. The van der Waals surface area contributed by atoms with E-state index in [1.807, 2.05) is 24.3 Å². The Morgan fingerprint density at radius 2 is 1.52 bits per heavy atom. The molecule has 2 N–H and O–H groups in total. The third-order valence-corrected chi connectivity index (χ3v) is 4.58. The van der Waals surface area contributed by atoms with E-state index in [0.717, 1.165) is 0 Å². The van der Waals surface area contributed by atoms with Crippen molar-refractivity contribution in [2.75, 3.05) is 13.2 Å². The first-order valence-electron chi connectivity index (χ1n) is 6.87. The topological polar surface area (TPSA) is 76.0 Å². The van der Waals surface area contributed by atoms with E-state index in [0.29, 0.717) is 5.75 Å². The molecular weight excluding hydrogens is 291 g/mol. The summed E-state index contributed by atoms with van der Waals surface area (Å²) in [5.41, 5.74) is 1.37. The normalized spacial score (nSPS) is 13.3. The number of phosphoric ester groups is 1. The van der Waals surface area contributed by atoms with Gasteiger partial charge in [0, 0.05) is 0 Å². The molecule has 0 fully saturated rings. The van der Waals surface area contributed by atoms with Gasteiger partial charge in [-0.25, -0.2) is 4.57 Å². The Kier molecular flexibility index (Phi) is 5.62. The first-order chi connectivity index (χ1) is 9.43. The molecule has 5 nitrogen and oxygen atoms in total. The van der Waals surface area contributed by atoms with Gasteiger partial charge in [0.2, 0.25) is 0 Å². The van der Waals surface area contributed by atoms with Gasteiger partial charge < -0.3 is 14.5 Å². The summed E-state index contributed by atoms with van der Waals surface area (Å²) in [4.78, 5) is 17.1. The Bertz CT molecular complexity index is 496. The number of hydrogen-bond acceptors (Lipinski definition) is 3. The molecule has 0 saturated carbocycles. The maximum Gasteiger partial charge on any atom is 0.469 e. The van der Waals surface area contributed by atoms with Crippen molar-refractivity contribution in [3.05, 3.63) is 29.8 Å². The summed E-state index contributed by atoms with van der Waals surface area (Å²) in [6.07, 6.45) is 0. The van der Waals surface area contributed by atoms with Crippen LogP contribution in [-0.4, -0.2) is 23.0 Å². The molecule has 0 radical (unpaired) electrons. The molecule has 0 heterocycles. The predicted octanol–water partition coefficient (Wildman–Crippen LogP) is 3.50. The summed E-state index contributed by atoms with van der Waals surface area (Å²) < 4.78 is 20.2. The van der Waals surface area contributed by atoms with Crippen molar-refractivity contribution in [3.63, 3.8) is 0 Å². The summed E-state index contributed by atoms with van der Waals surface area (Å²) in [6.45, 7) is 11.0. The predicted molar refractivity (Wildman–Crippen MR) is 82.4 cm³/mol. The SMILES string of the molecule is CC(C)(C)C(C)(C)c1ccc(OCCOP(=O)(O)O)cc1. The van der Waals surface area contributed by atoms with Gasteiger partial charge >= 0.3 is 7.82 Å². The van der Waals surface area contributed by atoms with Crippen molar-refractivity contribution in [3.8, 4) is 5.75 Å². The highest BCUT2D eigenvalue weighted by atomic mass is 31.2. The van der Waals surface area contributed by atoms with E-state index in [1.54, 1.807) is 0 Å². The highest BCUT2D eigenvalue weighted by Gasteiger charge is 2.34. The third kappa shape index (κ3) is 5.44. The average molecular weight is 316 g/mol. The lowest BCUT2D eigenvalue weighted by Crippen LogP contribution is -2.33. The van der Waals surface area contributed by atoms with Gasteiger partial charge in [0.1, 0.15) is 12.4 Å². The van der Waals surface area contributed by atoms with Crippen molar-refractivity contribution in [2.24, 2.45) is 5.41 Å². The van der Waals surface area contributed by atoms with Crippen LogP contribution < -0.4 is 4.74 Å². The van der Waals surface area contributed by atoms with Gasteiger partial charge in [-0.3, -0.25) is 4.52 Å². The Hall–Kier alpha value is -0.870. The minimum absolute atomic E-state index is 0.0229. The molecule has 21 heavy (non-hydrogen) atoms. The van der Waals surface area contributed by atoms with Crippen molar-refractivity contribution < 1.29 is 23.6 Å². The molecule has 0 amide bonds. The Labute approximate surface area is 126 Å². The highest BCUT2D eigenvalue weighted by Crippen LogP contribution is 2.41. The van der Waals surface area contributed by atoms with Crippen LogP contribution in [-0.2, 0) is 14.5 Å².